The molecule has 2 fully saturated rings. The zero-order valence-electron chi connectivity index (χ0n) is 24.3. The Kier molecular flexibility index (Phi) is 8.49. The second-order valence-corrected chi connectivity index (χ2v) is 13.7. The molecule has 11 heteroatoms. The van der Waals surface area contributed by atoms with Gasteiger partial charge in [0, 0.05) is 37.4 Å². The Bertz CT molecular complexity index is 1720. The molecule has 2 aliphatic rings. The van der Waals surface area contributed by atoms with E-state index in [1.807, 2.05) is 60.7 Å². The van der Waals surface area contributed by atoms with E-state index in [0.717, 1.165) is 47.2 Å². The fourth-order valence-electron chi connectivity index (χ4n) is 5.82. The van der Waals surface area contributed by atoms with Crippen LogP contribution in [0.25, 0.3) is 22.4 Å². The van der Waals surface area contributed by atoms with Crippen molar-refractivity contribution in [3.8, 4) is 22.4 Å². The third kappa shape index (κ3) is 6.84. The maximum Gasteiger partial charge on any atom is 0.407 e. The molecule has 0 saturated carbocycles. The Labute approximate surface area is 256 Å². The number of nitrogens with zero attached hydrogens (tertiary/aromatic N) is 3. The van der Waals surface area contributed by atoms with Crippen molar-refractivity contribution < 1.29 is 23.1 Å². The van der Waals surface area contributed by atoms with Gasteiger partial charge in [0.05, 0.1) is 29.4 Å². The molecule has 10 nitrogen and oxygen atoms in total. The number of carboxylic acid groups (broad SMARTS) is 1. The minimum atomic E-state index is -2.90. The summed E-state index contributed by atoms with van der Waals surface area (Å²) >= 11 is 0. The number of rotatable bonds is 7. The summed E-state index contributed by atoms with van der Waals surface area (Å²) < 4.78 is 23.3. The molecular weight excluding hydrogens is 578 g/mol. The number of H-pyrrole nitrogens is 1. The van der Waals surface area contributed by atoms with Gasteiger partial charge in [-0.1, -0.05) is 48.5 Å². The molecule has 3 aromatic carbocycles. The van der Waals surface area contributed by atoms with Crippen LogP contribution in [0.4, 0.5) is 10.5 Å². The first-order valence-corrected chi connectivity index (χ1v) is 16.6. The molecule has 2 amide bonds. The number of nitrogens with one attached hydrogen (secondary N) is 2. The zero-order valence-corrected chi connectivity index (χ0v) is 25.1. The Hall–Kier alpha value is -4.48. The van der Waals surface area contributed by atoms with E-state index in [1.165, 1.54) is 4.90 Å². The number of imidazole rings is 1. The van der Waals surface area contributed by atoms with Crippen LogP contribution in [0, 0.1) is 0 Å². The molecule has 228 valence electrons. The quantitative estimate of drug-likeness (QED) is 0.253. The van der Waals surface area contributed by atoms with Crippen molar-refractivity contribution in [3.63, 3.8) is 0 Å². The highest BCUT2D eigenvalue weighted by molar-refractivity contribution is 7.91. The Morgan fingerprint density at radius 2 is 1.50 bits per heavy atom. The molecule has 0 unspecified atom stereocenters. The molecular formula is C33H35N5O5S. The standard InChI is InChI=1S/C33H35N5O5S/c39-32(35-28-14-4-23(5-15-28)22-37-17-19-44(42,43)20-18-37)27-12-8-25(9-13-27)24-6-10-26(11-7-24)29-21-34-31(36-29)30-3-1-2-16-38(30)33(40)41/h4-15,21,30H,1-3,16-20,22H2,(H,34,36)(H,35,39)(H,40,41)/t30-/m0/s1. The minimum absolute atomic E-state index is 0.199. The number of hydrogen-bond donors (Lipinski definition) is 3. The number of amides is 2. The normalized spacial score (nSPS) is 18.5. The van der Waals surface area contributed by atoms with E-state index in [0.29, 0.717) is 43.3 Å². The Morgan fingerprint density at radius 1 is 0.864 bits per heavy atom. The average molecular weight is 614 g/mol. The summed E-state index contributed by atoms with van der Waals surface area (Å²) in [4.78, 5) is 36.0. The molecule has 4 aromatic rings. The summed E-state index contributed by atoms with van der Waals surface area (Å²) in [5, 5.41) is 12.5. The van der Waals surface area contributed by atoms with Gasteiger partial charge in [-0.2, -0.15) is 0 Å². The van der Waals surface area contributed by atoms with Crippen molar-refractivity contribution >= 4 is 27.5 Å². The molecule has 3 N–H and O–H groups in total. The van der Waals surface area contributed by atoms with E-state index in [4.69, 9.17) is 0 Å². The maximum absolute atomic E-state index is 12.9. The summed E-state index contributed by atoms with van der Waals surface area (Å²) in [5.74, 6) is 0.880. The molecule has 3 heterocycles. The molecule has 0 aliphatic carbocycles. The monoisotopic (exact) mass is 613 g/mol. The van der Waals surface area contributed by atoms with E-state index in [-0.39, 0.29) is 23.5 Å². The highest BCUT2D eigenvalue weighted by Crippen LogP contribution is 2.31. The predicted molar refractivity (Wildman–Crippen MR) is 169 cm³/mol. The third-order valence-electron chi connectivity index (χ3n) is 8.39. The molecule has 0 spiro atoms. The molecule has 44 heavy (non-hydrogen) atoms. The fraction of sp³-hybridized carbons (Fsp3) is 0.303. The topological polar surface area (TPSA) is 136 Å². The summed E-state index contributed by atoms with van der Waals surface area (Å²) in [6, 6.07) is 22.9. The number of piperidine rings is 1. The van der Waals surface area contributed by atoms with Crippen LogP contribution in [0.2, 0.25) is 0 Å². The van der Waals surface area contributed by atoms with Gasteiger partial charge in [-0.05, 0) is 65.8 Å². The summed E-state index contributed by atoms with van der Waals surface area (Å²) in [6.07, 6.45) is 3.44. The number of anilines is 1. The van der Waals surface area contributed by atoms with Crippen LogP contribution in [0.1, 0.15) is 47.1 Å². The summed E-state index contributed by atoms with van der Waals surface area (Å²) in [6.45, 7) is 2.29. The number of sulfone groups is 1. The lowest BCUT2D eigenvalue weighted by atomic mass is 10.0. The van der Waals surface area contributed by atoms with E-state index >= 15 is 0 Å². The Balaban J connectivity index is 1.05. The van der Waals surface area contributed by atoms with Crippen molar-refractivity contribution in [1.29, 1.82) is 0 Å². The van der Waals surface area contributed by atoms with Gasteiger partial charge in [0.1, 0.15) is 5.82 Å². The van der Waals surface area contributed by atoms with Gasteiger partial charge >= 0.3 is 6.09 Å². The summed E-state index contributed by atoms with van der Waals surface area (Å²) in [5.41, 5.74) is 6.09. The van der Waals surface area contributed by atoms with Gasteiger partial charge in [0.25, 0.3) is 5.91 Å². The first-order valence-electron chi connectivity index (χ1n) is 14.8. The van der Waals surface area contributed by atoms with Crippen molar-refractivity contribution in [3.05, 3.63) is 95.9 Å². The fourth-order valence-corrected chi connectivity index (χ4v) is 7.09. The van der Waals surface area contributed by atoms with Gasteiger partial charge in [-0.15, -0.1) is 0 Å². The van der Waals surface area contributed by atoms with Crippen molar-refractivity contribution in [1.82, 2.24) is 19.8 Å². The van der Waals surface area contributed by atoms with Crippen molar-refractivity contribution in [2.24, 2.45) is 0 Å². The van der Waals surface area contributed by atoms with Crippen LogP contribution in [-0.4, -0.2) is 76.4 Å². The van der Waals surface area contributed by atoms with Gasteiger partial charge in [0.2, 0.25) is 0 Å². The van der Waals surface area contributed by atoms with Crippen molar-refractivity contribution in [2.45, 2.75) is 31.8 Å². The number of carbonyl (C=O) groups is 2. The lowest BCUT2D eigenvalue weighted by Crippen LogP contribution is -2.39. The van der Waals surface area contributed by atoms with E-state index < -0.39 is 15.9 Å². The third-order valence-corrected chi connectivity index (χ3v) is 10.0. The van der Waals surface area contributed by atoms with Gasteiger partial charge in [-0.3, -0.25) is 14.6 Å². The maximum atomic E-state index is 12.9. The highest BCUT2D eigenvalue weighted by Gasteiger charge is 2.30. The Morgan fingerprint density at radius 3 is 2.16 bits per heavy atom. The number of carbonyl (C=O) groups excluding carboxylic acids is 1. The first-order chi connectivity index (χ1) is 21.2. The van der Waals surface area contributed by atoms with Gasteiger partial charge < -0.3 is 15.4 Å². The molecule has 1 aromatic heterocycles. The molecule has 2 aliphatic heterocycles. The molecule has 1 atom stereocenters. The number of aromatic amines is 1. The molecule has 6 rings (SSSR count). The number of likely N-dealkylation sites (tertiary alicyclic amines) is 1. The van der Waals surface area contributed by atoms with E-state index in [2.05, 4.69) is 20.2 Å². The zero-order chi connectivity index (χ0) is 30.7. The average Bonchev–Trinajstić information content (AvgIpc) is 3.53. The van der Waals surface area contributed by atoms with Gasteiger partial charge in [0.15, 0.2) is 9.84 Å². The number of aromatic nitrogens is 2. The summed E-state index contributed by atoms with van der Waals surface area (Å²) in [7, 11) is -2.90. The van der Waals surface area contributed by atoms with E-state index in [9.17, 15) is 23.1 Å². The van der Waals surface area contributed by atoms with Crippen LogP contribution >= 0.6 is 0 Å². The van der Waals surface area contributed by atoms with Crippen LogP contribution < -0.4 is 5.32 Å². The largest absolute Gasteiger partial charge is 0.465 e. The SMILES string of the molecule is O=C(Nc1ccc(CN2CCS(=O)(=O)CC2)cc1)c1ccc(-c2ccc(-c3cnc([C@@H]4CCCCN4C(=O)O)[nH]3)cc2)cc1. The number of benzene rings is 3. The lowest BCUT2D eigenvalue weighted by Gasteiger charge is -2.32. The van der Waals surface area contributed by atoms with Crippen LogP contribution in [0.5, 0.6) is 0 Å². The molecule has 0 radical (unpaired) electrons. The number of hydrogen-bond acceptors (Lipinski definition) is 6. The van der Waals surface area contributed by atoms with Crippen LogP contribution in [0.3, 0.4) is 0 Å². The van der Waals surface area contributed by atoms with Crippen molar-refractivity contribution in [2.75, 3.05) is 36.5 Å². The second-order valence-electron chi connectivity index (χ2n) is 11.4. The lowest BCUT2D eigenvalue weighted by molar-refractivity contribution is 0.102. The van der Waals surface area contributed by atoms with E-state index in [1.54, 1.807) is 18.3 Å². The van der Waals surface area contributed by atoms with Crippen LogP contribution in [-0.2, 0) is 16.4 Å². The molecule has 0 bridgehead atoms. The first kappa shape index (κ1) is 29.6. The van der Waals surface area contributed by atoms with Crippen LogP contribution in [0.15, 0.2) is 79.0 Å². The smallest absolute Gasteiger partial charge is 0.407 e. The minimum Gasteiger partial charge on any atom is -0.465 e. The highest BCUT2D eigenvalue weighted by atomic mass is 32.2. The predicted octanol–water partition coefficient (Wildman–Crippen LogP) is 5.43. The molecule has 2 saturated heterocycles. The van der Waals surface area contributed by atoms with Gasteiger partial charge in [-0.25, -0.2) is 18.2 Å². The second kappa shape index (κ2) is 12.6.